The molecule has 2 rings (SSSR count). The molecule has 0 bridgehead atoms. The van der Waals surface area contributed by atoms with Crippen molar-refractivity contribution in [1.82, 2.24) is 5.32 Å². The molecule has 4 N–H and O–H groups in total. The molecule has 5 nitrogen and oxygen atoms in total. The van der Waals surface area contributed by atoms with Gasteiger partial charge in [0.2, 0.25) is 0 Å². The molecule has 1 unspecified atom stereocenters. The van der Waals surface area contributed by atoms with Gasteiger partial charge in [-0.05, 0) is 17.7 Å². The number of nitrogens with two attached hydrogens (primary N) is 1. The summed E-state index contributed by atoms with van der Waals surface area (Å²) in [4.78, 5) is 11.4. The van der Waals surface area contributed by atoms with Crippen molar-refractivity contribution in [3.05, 3.63) is 23.3 Å². The molecule has 1 amide bonds. The predicted octanol–water partition coefficient (Wildman–Crippen LogP) is 0.303. The molecule has 0 saturated heterocycles. The number of amides is 1. The van der Waals surface area contributed by atoms with E-state index >= 15 is 0 Å². The molecule has 0 aromatic heterocycles. The zero-order valence-corrected chi connectivity index (χ0v) is 10.4. The van der Waals surface area contributed by atoms with Gasteiger partial charge in [-0.2, -0.15) is 0 Å². The minimum absolute atomic E-state index is 0.0760. The standard InChI is InChI=1S/C11H15N3O2S/c1-17(16)3-2-13-10-4-7-6-14-11(15)8(7)5-9(10)12/h4-5,13H,2-3,6,12H2,1H3,(H,14,15). The molecule has 17 heavy (non-hydrogen) atoms. The lowest BCUT2D eigenvalue weighted by molar-refractivity contribution is 0.0966. The van der Waals surface area contributed by atoms with Crippen LogP contribution in [0.4, 0.5) is 11.4 Å². The lowest BCUT2D eigenvalue weighted by Gasteiger charge is -2.10. The smallest absolute Gasteiger partial charge is 0.251 e. The summed E-state index contributed by atoms with van der Waals surface area (Å²) in [6.07, 6.45) is 1.66. The Balaban J connectivity index is 2.14. The number of rotatable bonds is 4. The Hall–Kier alpha value is -1.56. The Morgan fingerprint density at radius 3 is 3.00 bits per heavy atom. The van der Waals surface area contributed by atoms with Gasteiger partial charge in [0.1, 0.15) is 0 Å². The molecule has 1 aromatic rings. The van der Waals surface area contributed by atoms with E-state index in [2.05, 4.69) is 10.6 Å². The second-order valence-corrected chi connectivity index (χ2v) is 5.54. The Morgan fingerprint density at radius 2 is 2.29 bits per heavy atom. The normalized spacial score (nSPS) is 15.2. The summed E-state index contributed by atoms with van der Waals surface area (Å²) >= 11 is 0. The highest BCUT2D eigenvalue weighted by molar-refractivity contribution is 7.84. The van der Waals surface area contributed by atoms with Crippen molar-refractivity contribution < 1.29 is 9.00 Å². The maximum absolute atomic E-state index is 11.4. The Bertz CT molecular complexity index is 488. The molecule has 1 aliphatic heterocycles. The van der Waals surface area contributed by atoms with Crippen LogP contribution in [0.25, 0.3) is 0 Å². The van der Waals surface area contributed by atoms with Gasteiger partial charge < -0.3 is 16.4 Å². The van der Waals surface area contributed by atoms with Gasteiger partial charge in [-0.15, -0.1) is 0 Å². The van der Waals surface area contributed by atoms with Crippen molar-refractivity contribution in [1.29, 1.82) is 0 Å². The highest BCUT2D eigenvalue weighted by Crippen LogP contribution is 2.26. The molecule has 0 saturated carbocycles. The highest BCUT2D eigenvalue weighted by atomic mass is 32.2. The first-order valence-corrected chi connectivity index (χ1v) is 7.05. The van der Waals surface area contributed by atoms with E-state index in [1.54, 1.807) is 12.3 Å². The van der Waals surface area contributed by atoms with Crippen LogP contribution < -0.4 is 16.4 Å². The first-order chi connectivity index (χ1) is 8.08. The quantitative estimate of drug-likeness (QED) is 0.674. The lowest BCUT2D eigenvalue weighted by atomic mass is 10.1. The third-order valence-electron chi connectivity index (χ3n) is 2.66. The van der Waals surface area contributed by atoms with Gasteiger partial charge in [0.05, 0.1) is 11.4 Å². The zero-order chi connectivity index (χ0) is 12.4. The van der Waals surface area contributed by atoms with E-state index in [4.69, 9.17) is 5.73 Å². The molecule has 1 heterocycles. The average Bonchev–Trinajstić information content (AvgIpc) is 2.60. The first-order valence-electron chi connectivity index (χ1n) is 5.32. The molecular formula is C11H15N3O2S. The van der Waals surface area contributed by atoms with E-state index in [9.17, 15) is 9.00 Å². The first kappa shape index (κ1) is 11.9. The Kier molecular flexibility index (Phi) is 3.33. The maximum Gasteiger partial charge on any atom is 0.251 e. The molecule has 0 fully saturated rings. The van der Waals surface area contributed by atoms with Crippen molar-refractivity contribution >= 4 is 28.1 Å². The van der Waals surface area contributed by atoms with Crippen molar-refractivity contribution in [3.8, 4) is 0 Å². The average molecular weight is 253 g/mol. The molecule has 0 aliphatic carbocycles. The molecule has 1 aliphatic rings. The second-order valence-electron chi connectivity index (χ2n) is 3.98. The van der Waals surface area contributed by atoms with Crippen molar-refractivity contribution in [3.63, 3.8) is 0 Å². The van der Waals surface area contributed by atoms with Crippen LogP contribution in [0.3, 0.4) is 0 Å². The molecule has 0 spiro atoms. The fraction of sp³-hybridized carbons (Fsp3) is 0.364. The third-order valence-corrected chi connectivity index (χ3v) is 3.44. The number of nitrogens with one attached hydrogen (secondary N) is 2. The summed E-state index contributed by atoms with van der Waals surface area (Å²) in [6.45, 7) is 1.15. The summed E-state index contributed by atoms with van der Waals surface area (Å²) in [5.74, 6) is 0.501. The zero-order valence-electron chi connectivity index (χ0n) is 9.58. The van der Waals surface area contributed by atoms with E-state index < -0.39 is 10.8 Å². The van der Waals surface area contributed by atoms with E-state index in [0.29, 0.717) is 30.1 Å². The molecule has 92 valence electrons. The molecule has 1 aromatic carbocycles. The third kappa shape index (κ3) is 2.58. The maximum atomic E-state index is 11.4. The number of benzene rings is 1. The van der Waals surface area contributed by atoms with Gasteiger partial charge in [-0.3, -0.25) is 9.00 Å². The van der Waals surface area contributed by atoms with E-state index in [0.717, 1.165) is 11.3 Å². The summed E-state index contributed by atoms with van der Waals surface area (Å²) in [6, 6.07) is 3.56. The van der Waals surface area contributed by atoms with Gasteiger partial charge in [-0.1, -0.05) is 0 Å². The second kappa shape index (κ2) is 4.75. The van der Waals surface area contributed by atoms with Gasteiger partial charge >= 0.3 is 0 Å². The van der Waals surface area contributed by atoms with Crippen LogP contribution in [-0.4, -0.2) is 28.7 Å². The van der Waals surface area contributed by atoms with Crippen LogP contribution in [0, 0.1) is 0 Å². The van der Waals surface area contributed by atoms with Crippen molar-refractivity contribution in [2.24, 2.45) is 0 Å². The van der Waals surface area contributed by atoms with Crippen LogP contribution in [0.5, 0.6) is 0 Å². The van der Waals surface area contributed by atoms with Crippen LogP contribution in [-0.2, 0) is 17.3 Å². The van der Waals surface area contributed by atoms with Crippen LogP contribution in [0.1, 0.15) is 15.9 Å². The largest absolute Gasteiger partial charge is 0.397 e. The van der Waals surface area contributed by atoms with Crippen molar-refractivity contribution in [2.45, 2.75) is 6.54 Å². The predicted molar refractivity (Wildman–Crippen MR) is 69.4 cm³/mol. The summed E-state index contributed by atoms with van der Waals surface area (Å²) in [5.41, 5.74) is 8.79. The number of nitrogen functional groups attached to an aromatic ring is 1. The minimum Gasteiger partial charge on any atom is -0.397 e. The van der Waals surface area contributed by atoms with Crippen LogP contribution in [0.15, 0.2) is 12.1 Å². The lowest BCUT2D eigenvalue weighted by Crippen LogP contribution is -2.12. The van der Waals surface area contributed by atoms with E-state index in [1.165, 1.54) is 0 Å². The topological polar surface area (TPSA) is 84.2 Å². The highest BCUT2D eigenvalue weighted by Gasteiger charge is 2.20. The van der Waals surface area contributed by atoms with Gasteiger partial charge in [0.15, 0.2) is 0 Å². The molecule has 0 radical (unpaired) electrons. The number of carbonyl (C=O) groups excluding carboxylic acids is 1. The number of hydrogen-bond acceptors (Lipinski definition) is 4. The molecular weight excluding hydrogens is 238 g/mol. The van der Waals surface area contributed by atoms with E-state index in [-0.39, 0.29) is 5.91 Å². The van der Waals surface area contributed by atoms with Crippen LogP contribution >= 0.6 is 0 Å². The van der Waals surface area contributed by atoms with Gasteiger partial charge in [0.25, 0.3) is 5.91 Å². The fourth-order valence-electron chi connectivity index (χ4n) is 1.77. The summed E-state index contributed by atoms with van der Waals surface area (Å²) in [7, 11) is -0.821. The number of carbonyl (C=O) groups is 1. The minimum atomic E-state index is -0.821. The summed E-state index contributed by atoms with van der Waals surface area (Å²) in [5, 5.41) is 5.87. The fourth-order valence-corrected chi connectivity index (χ4v) is 2.16. The summed E-state index contributed by atoms with van der Waals surface area (Å²) < 4.78 is 10.9. The molecule has 1 atom stereocenters. The monoisotopic (exact) mass is 253 g/mol. The number of fused-ring (bicyclic) bond motifs is 1. The molecule has 6 heteroatoms. The Labute approximate surface area is 102 Å². The van der Waals surface area contributed by atoms with Gasteiger partial charge in [0, 0.05) is 41.5 Å². The van der Waals surface area contributed by atoms with Crippen LogP contribution in [0.2, 0.25) is 0 Å². The van der Waals surface area contributed by atoms with E-state index in [1.807, 2.05) is 6.07 Å². The van der Waals surface area contributed by atoms with Crippen molar-refractivity contribution in [2.75, 3.05) is 29.6 Å². The SMILES string of the molecule is CS(=O)CCNc1cc2c(cc1N)C(=O)NC2. The Morgan fingerprint density at radius 1 is 1.53 bits per heavy atom. The van der Waals surface area contributed by atoms with Gasteiger partial charge in [-0.25, -0.2) is 0 Å². The number of anilines is 2. The number of hydrogen-bond donors (Lipinski definition) is 3.